The van der Waals surface area contributed by atoms with Crippen LogP contribution < -0.4 is 10.9 Å². The van der Waals surface area contributed by atoms with Crippen LogP contribution in [-0.4, -0.2) is 38.9 Å². The Balaban J connectivity index is 1.16. The second kappa shape index (κ2) is 9.23. The van der Waals surface area contributed by atoms with Crippen LogP contribution in [0.3, 0.4) is 0 Å². The highest BCUT2D eigenvalue weighted by molar-refractivity contribution is 6.30. The van der Waals surface area contributed by atoms with Crippen molar-refractivity contribution in [2.24, 2.45) is 0 Å². The molecule has 0 atom stereocenters. The molecule has 178 valence electrons. The lowest BCUT2D eigenvalue weighted by atomic mass is 10.1. The molecule has 0 saturated heterocycles. The molecule has 0 unspecified atom stereocenters. The van der Waals surface area contributed by atoms with E-state index in [0.717, 1.165) is 16.5 Å². The van der Waals surface area contributed by atoms with Crippen LogP contribution in [0.5, 0.6) is 0 Å². The van der Waals surface area contributed by atoms with Gasteiger partial charge in [-0.1, -0.05) is 41.9 Å². The molecule has 0 saturated carbocycles. The van der Waals surface area contributed by atoms with E-state index in [4.69, 9.17) is 11.6 Å². The maximum Gasteiger partial charge on any atom is 0.250 e. The van der Waals surface area contributed by atoms with Crippen molar-refractivity contribution >= 4 is 34.1 Å². The number of hydrogen-bond acceptors (Lipinski definition) is 7. The van der Waals surface area contributed by atoms with Crippen molar-refractivity contribution in [3.8, 4) is 0 Å². The smallest absolute Gasteiger partial charge is 0.250 e. The summed E-state index contributed by atoms with van der Waals surface area (Å²) >= 11 is 6.04. The van der Waals surface area contributed by atoms with Gasteiger partial charge in [0.25, 0.3) is 5.56 Å². The Morgan fingerprint density at radius 3 is 2.58 bits per heavy atom. The second-order valence-corrected chi connectivity index (χ2v) is 8.74. The number of pyridine rings is 2. The zero-order valence-electron chi connectivity index (χ0n) is 19.0. The molecule has 0 aliphatic heterocycles. The van der Waals surface area contributed by atoms with Crippen molar-refractivity contribution in [1.29, 1.82) is 0 Å². The van der Waals surface area contributed by atoms with Gasteiger partial charge in [-0.25, -0.2) is 19.5 Å². The number of aromatic nitrogens is 8. The van der Waals surface area contributed by atoms with Crippen LogP contribution in [0.25, 0.3) is 16.7 Å². The Morgan fingerprint density at radius 2 is 1.75 bits per heavy atom. The van der Waals surface area contributed by atoms with E-state index in [9.17, 15) is 4.79 Å². The van der Waals surface area contributed by atoms with Crippen molar-refractivity contribution in [2.45, 2.75) is 19.6 Å². The van der Waals surface area contributed by atoms with Crippen molar-refractivity contribution in [3.63, 3.8) is 0 Å². The lowest BCUT2D eigenvalue weighted by Gasteiger charge is -2.07. The standard InChI is InChI=1S/C25H20ClN9O/c26-19-8-10-35-22(11-19)30-21(31-35)12-27-24-20-15-34(32-25(20)29-16-28-24)14-18-6-4-17(5-7-18)13-33-9-2-1-3-23(33)36/h1-11,15-16H,12-14H2,(H,27,28,29,32). The molecule has 5 heterocycles. The fourth-order valence-corrected chi connectivity index (χ4v) is 4.13. The van der Waals surface area contributed by atoms with Gasteiger partial charge < -0.3 is 9.88 Å². The van der Waals surface area contributed by atoms with Gasteiger partial charge in [-0.15, -0.1) is 5.10 Å². The minimum absolute atomic E-state index is 0.0169. The van der Waals surface area contributed by atoms with Gasteiger partial charge >= 0.3 is 0 Å². The van der Waals surface area contributed by atoms with Crippen molar-refractivity contribution in [1.82, 2.24) is 38.9 Å². The molecule has 1 aromatic carbocycles. The topological polar surface area (TPSA) is 108 Å². The fourth-order valence-electron chi connectivity index (χ4n) is 3.97. The van der Waals surface area contributed by atoms with Crippen LogP contribution in [0.4, 0.5) is 5.82 Å². The molecule has 10 nitrogen and oxygen atoms in total. The van der Waals surface area contributed by atoms with E-state index in [-0.39, 0.29) is 5.56 Å². The van der Waals surface area contributed by atoms with Crippen LogP contribution in [0.2, 0.25) is 5.02 Å². The maximum atomic E-state index is 11.9. The Bertz CT molecular complexity index is 1740. The normalized spacial score (nSPS) is 11.4. The Hall–Kier alpha value is -4.57. The van der Waals surface area contributed by atoms with Crippen molar-refractivity contribution < 1.29 is 0 Å². The molecular formula is C25H20ClN9O. The van der Waals surface area contributed by atoms with Crippen LogP contribution in [0.1, 0.15) is 17.0 Å². The van der Waals surface area contributed by atoms with Gasteiger partial charge in [0.2, 0.25) is 0 Å². The van der Waals surface area contributed by atoms with Gasteiger partial charge in [0.15, 0.2) is 17.1 Å². The number of nitrogens with zero attached hydrogens (tertiary/aromatic N) is 8. The number of hydrogen-bond donors (Lipinski definition) is 1. The Morgan fingerprint density at radius 1 is 0.917 bits per heavy atom. The van der Waals surface area contributed by atoms with Gasteiger partial charge in [-0.2, -0.15) is 5.10 Å². The monoisotopic (exact) mass is 497 g/mol. The summed E-state index contributed by atoms with van der Waals surface area (Å²) in [6, 6.07) is 16.8. The Kier molecular flexibility index (Phi) is 5.62. The molecule has 0 fully saturated rings. The van der Waals surface area contributed by atoms with Gasteiger partial charge in [0, 0.05) is 35.7 Å². The zero-order valence-corrected chi connectivity index (χ0v) is 19.7. The molecule has 6 rings (SSSR count). The van der Waals surface area contributed by atoms with Crippen LogP contribution in [0.15, 0.2) is 84.3 Å². The molecule has 0 bridgehead atoms. The molecule has 0 aliphatic rings. The first-order valence-electron chi connectivity index (χ1n) is 11.3. The summed E-state index contributed by atoms with van der Waals surface area (Å²) in [5.41, 5.74) is 3.40. The number of rotatable bonds is 7. The summed E-state index contributed by atoms with van der Waals surface area (Å²) in [5.74, 6) is 1.28. The summed E-state index contributed by atoms with van der Waals surface area (Å²) in [6.07, 6.45) is 6.97. The third kappa shape index (κ3) is 4.53. The van der Waals surface area contributed by atoms with Gasteiger partial charge in [-0.3, -0.25) is 9.48 Å². The molecule has 0 aliphatic carbocycles. The quantitative estimate of drug-likeness (QED) is 0.360. The number of halogens is 1. The summed E-state index contributed by atoms with van der Waals surface area (Å²) in [5, 5.41) is 13.8. The summed E-state index contributed by atoms with van der Waals surface area (Å²) < 4.78 is 5.20. The highest BCUT2D eigenvalue weighted by Crippen LogP contribution is 2.19. The second-order valence-electron chi connectivity index (χ2n) is 8.30. The van der Waals surface area contributed by atoms with E-state index in [1.807, 2.05) is 41.2 Å². The van der Waals surface area contributed by atoms with E-state index in [2.05, 4.69) is 30.5 Å². The third-order valence-electron chi connectivity index (χ3n) is 5.74. The minimum atomic E-state index is -0.0169. The highest BCUT2D eigenvalue weighted by atomic mass is 35.5. The van der Waals surface area contributed by atoms with Gasteiger partial charge in [-0.05, 0) is 23.3 Å². The molecule has 36 heavy (non-hydrogen) atoms. The average molecular weight is 498 g/mol. The van der Waals surface area contributed by atoms with Crippen LogP contribution >= 0.6 is 11.6 Å². The zero-order chi connectivity index (χ0) is 24.5. The minimum Gasteiger partial charge on any atom is -0.362 e. The first-order valence-corrected chi connectivity index (χ1v) is 11.6. The largest absolute Gasteiger partial charge is 0.362 e. The number of fused-ring (bicyclic) bond motifs is 2. The van der Waals surface area contributed by atoms with Crippen LogP contribution in [0, 0.1) is 0 Å². The number of anilines is 1. The van der Waals surface area contributed by atoms with E-state index in [0.29, 0.717) is 47.6 Å². The highest BCUT2D eigenvalue weighted by Gasteiger charge is 2.11. The molecule has 6 aromatic rings. The lowest BCUT2D eigenvalue weighted by Crippen LogP contribution is -2.18. The number of benzene rings is 1. The van der Waals surface area contributed by atoms with Gasteiger partial charge in [0.05, 0.1) is 25.0 Å². The number of nitrogens with one attached hydrogen (secondary N) is 1. The molecular weight excluding hydrogens is 478 g/mol. The fraction of sp³-hybridized carbons (Fsp3) is 0.120. The molecule has 0 spiro atoms. The van der Waals surface area contributed by atoms with E-state index in [1.165, 1.54) is 6.33 Å². The SMILES string of the molecule is O=c1ccccn1Cc1ccc(Cn2cc3c(NCc4nc5cc(Cl)ccn5n4)ncnc3n2)cc1. The summed E-state index contributed by atoms with van der Waals surface area (Å²) in [7, 11) is 0. The summed E-state index contributed by atoms with van der Waals surface area (Å²) in [4.78, 5) is 25.1. The molecule has 5 aromatic heterocycles. The predicted octanol–water partition coefficient (Wildman–Crippen LogP) is 3.39. The average Bonchev–Trinajstić information content (AvgIpc) is 3.48. The first-order chi connectivity index (χ1) is 17.6. The van der Waals surface area contributed by atoms with Crippen LogP contribution in [-0.2, 0) is 19.6 Å². The van der Waals surface area contributed by atoms with E-state index >= 15 is 0 Å². The maximum absolute atomic E-state index is 11.9. The lowest BCUT2D eigenvalue weighted by molar-refractivity contribution is 0.692. The molecule has 1 N–H and O–H groups in total. The Labute approximate surface area is 209 Å². The molecule has 0 amide bonds. The first kappa shape index (κ1) is 21.9. The third-order valence-corrected chi connectivity index (χ3v) is 5.98. The van der Waals surface area contributed by atoms with E-state index in [1.54, 1.807) is 45.7 Å². The predicted molar refractivity (Wildman–Crippen MR) is 136 cm³/mol. The van der Waals surface area contributed by atoms with Gasteiger partial charge in [0.1, 0.15) is 12.1 Å². The summed E-state index contributed by atoms with van der Waals surface area (Å²) in [6.45, 7) is 1.50. The molecule has 11 heteroatoms. The van der Waals surface area contributed by atoms with Crippen molar-refractivity contribution in [2.75, 3.05) is 5.32 Å². The van der Waals surface area contributed by atoms with Crippen molar-refractivity contribution in [3.05, 3.63) is 112 Å². The van der Waals surface area contributed by atoms with E-state index < -0.39 is 0 Å². The molecule has 0 radical (unpaired) electrons.